The first-order valence-corrected chi connectivity index (χ1v) is 19.5. The summed E-state index contributed by atoms with van der Waals surface area (Å²) in [5.41, 5.74) is 12.2. The van der Waals surface area contributed by atoms with Crippen LogP contribution in [0, 0.1) is 0 Å². The van der Waals surface area contributed by atoms with E-state index in [9.17, 15) is 0 Å². The van der Waals surface area contributed by atoms with Gasteiger partial charge in [0.15, 0.2) is 0 Å². The maximum atomic E-state index is 6.43. The van der Waals surface area contributed by atoms with Crippen LogP contribution in [0.4, 0.5) is 17.1 Å². The maximum absolute atomic E-state index is 6.43. The fraction of sp³-hybridized carbons (Fsp3) is 0. The minimum absolute atomic E-state index is 0.901. The Morgan fingerprint density at radius 3 is 1.80 bits per heavy atom. The highest BCUT2D eigenvalue weighted by molar-refractivity contribution is 7.25. The van der Waals surface area contributed by atoms with E-state index in [1.165, 1.54) is 58.6 Å². The van der Waals surface area contributed by atoms with Gasteiger partial charge in [-0.15, -0.1) is 11.3 Å². The number of hydrogen-bond acceptors (Lipinski definition) is 3. The molecule has 0 amide bonds. The van der Waals surface area contributed by atoms with Crippen LogP contribution in [-0.2, 0) is 0 Å². The largest absolute Gasteiger partial charge is 0.456 e. The van der Waals surface area contributed by atoms with Crippen LogP contribution >= 0.6 is 11.3 Å². The molecular weight excluding hydrogens is 687 g/mol. The maximum Gasteiger partial charge on any atom is 0.136 e. The molecule has 0 atom stereocenters. The molecule has 9 aromatic carbocycles. The molecule has 0 aliphatic rings. The van der Waals surface area contributed by atoms with Crippen molar-refractivity contribution in [3.63, 3.8) is 0 Å². The molecule has 55 heavy (non-hydrogen) atoms. The molecule has 2 heterocycles. The quantitative estimate of drug-likeness (QED) is 0.170. The SMILES string of the molecule is c1ccc(-c2ccc(N(c3ccc(-c4ccc5c(c4)oc4ccc6ccccc6c45)cc3)c3cccc(-c4cccc5sc6ccccc6c45)c3)cc2)cc1. The first-order chi connectivity index (χ1) is 27.2. The van der Waals surface area contributed by atoms with Crippen LogP contribution in [0.25, 0.3) is 86.3 Å². The average Bonchev–Trinajstić information content (AvgIpc) is 3.83. The van der Waals surface area contributed by atoms with Gasteiger partial charge >= 0.3 is 0 Å². The van der Waals surface area contributed by atoms with Gasteiger partial charge in [-0.3, -0.25) is 0 Å². The number of benzene rings is 9. The van der Waals surface area contributed by atoms with Gasteiger partial charge in [0.1, 0.15) is 11.2 Å². The number of furan rings is 1. The zero-order valence-corrected chi connectivity index (χ0v) is 30.6. The van der Waals surface area contributed by atoms with Crippen LogP contribution in [0.1, 0.15) is 0 Å². The molecule has 11 aromatic rings. The minimum atomic E-state index is 0.901. The van der Waals surface area contributed by atoms with Gasteiger partial charge in [0.2, 0.25) is 0 Å². The number of hydrogen-bond donors (Lipinski definition) is 0. The highest BCUT2D eigenvalue weighted by atomic mass is 32.1. The lowest BCUT2D eigenvalue weighted by molar-refractivity contribution is 0.669. The van der Waals surface area contributed by atoms with Gasteiger partial charge in [0.05, 0.1) is 0 Å². The Bertz CT molecular complexity index is 3190. The normalized spacial score (nSPS) is 11.6. The van der Waals surface area contributed by atoms with Crippen molar-refractivity contribution in [3.8, 4) is 33.4 Å². The van der Waals surface area contributed by atoms with Gasteiger partial charge in [-0.05, 0) is 111 Å². The van der Waals surface area contributed by atoms with Crippen LogP contribution in [0.3, 0.4) is 0 Å². The van der Waals surface area contributed by atoms with Gasteiger partial charge in [-0.2, -0.15) is 0 Å². The monoisotopic (exact) mass is 719 g/mol. The second-order valence-corrected chi connectivity index (χ2v) is 15.2. The lowest BCUT2D eigenvalue weighted by Crippen LogP contribution is -2.10. The van der Waals surface area contributed by atoms with Crippen LogP contribution in [0.15, 0.2) is 205 Å². The van der Waals surface area contributed by atoms with Crippen molar-refractivity contribution < 1.29 is 4.42 Å². The van der Waals surface area contributed by atoms with Gasteiger partial charge in [0.25, 0.3) is 0 Å². The first-order valence-electron chi connectivity index (χ1n) is 18.7. The Morgan fingerprint density at radius 2 is 0.982 bits per heavy atom. The standard InChI is InChI=1S/C52H33NOS/c1-2-10-34(11-3-1)35-20-26-40(27-21-35)53(42-14-8-13-39(32-42)44-17-9-19-50-52(44)46-16-6-7-18-49(46)55-50)41-28-22-36(23-29-41)38-24-30-45-48(33-38)54-47-31-25-37-12-4-5-15-43(37)51(45)47/h1-33H. The summed E-state index contributed by atoms with van der Waals surface area (Å²) >= 11 is 1.86. The molecule has 0 fully saturated rings. The number of anilines is 3. The van der Waals surface area contributed by atoms with Crippen molar-refractivity contribution in [2.75, 3.05) is 4.90 Å². The van der Waals surface area contributed by atoms with E-state index in [0.29, 0.717) is 0 Å². The molecule has 0 aliphatic heterocycles. The smallest absolute Gasteiger partial charge is 0.136 e. The van der Waals surface area contributed by atoms with E-state index in [1.54, 1.807) is 0 Å². The zero-order valence-electron chi connectivity index (χ0n) is 29.8. The van der Waals surface area contributed by atoms with E-state index in [1.807, 2.05) is 11.3 Å². The van der Waals surface area contributed by atoms with Crippen LogP contribution in [0.5, 0.6) is 0 Å². The lowest BCUT2D eigenvalue weighted by Gasteiger charge is -2.26. The van der Waals surface area contributed by atoms with Crippen molar-refractivity contribution in [1.82, 2.24) is 0 Å². The Morgan fingerprint density at radius 1 is 0.345 bits per heavy atom. The second-order valence-electron chi connectivity index (χ2n) is 14.1. The number of nitrogens with zero attached hydrogens (tertiary/aromatic N) is 1. The number of fused-ring (bicyclic) bond motifs is 8. The van der Waals surface area contributed by atoms with Crippen LogP contribution in [0.2, 0.25) is 0 Å². The van der Waals surface area contributed by atoms with Crippen molar-refractivity contribution in [1.29, 1.82) is 0 Å². The summed E-state index contributed by atoms with van der Waals surface area (Å²) in [5.74, 6) is 0. The van der Waals surface area contributed by atoms with Crippen molar-refractivity contribution >= 4 is 81.3 Å². The number of rotatable bonds is 6. The van der Waals surface area contributed by atoms with Crippen molar-refractivity contribution in [2.24, 2.45) is 0 Å². The first kappa shape index (κ1) is 31.6. The van der Waals surface area contributed by atoms with E-state index in [4.69, 9.17) is 4.42 Å². The average molecular weight is 720 g/mol. The summed E-state index contributed by atoms with van der Waals surface area (Å²) < 4.78 is 9.05. The predicted molar refractivity (Wildman–Crippen MR) is 235 cm³/mol. The third-order valence-electron chi connectivity index (χ3n) is 10.9. The molecule has 258 valence electrons. The number of thiophene rings is 1. The molecule has 3 heteroatoms. The summed E-state index contributed by atoms with van der Waals surface area (Å²) in [4.78, 5) is 2.36. The van der Waals surface area contributed by atoms with E-state index < -0.39 is 0 Å². The Balaban J connectivity index is 1.01. The highest BCUT2D eigenvalue weighted by Gasteiger charge is 2.17. The third-order valence-corrected chi connectivity index (χ3v) is 12.0. The molecule has 0 unspecified atom stereocenters. The van der Waals surface area contributed by atoms with Crippen LogP contribution in [-0.4, -0.2) is 0 Å². The Kier molecular flexibility index (Phi) is 7.39. The minimum Gasteiger partial charge on any atom is -0.456 e. The van der Waals surface area contributed by atoms with E-state index in [2.05, 4.69) is 205 Å². The molecule has 0 saturated heterocycles. The van der Waals surface area contributed by atoms with E-state index >= 15 is 0 Å². The molecule has 0 spiro atoms. The third kappa shape index (κ3) is 5.40. The molecule has 0 bridgehead atoms. The van der Waals surface area contributed by atoms with Gasteiger partial charge < -0.3 is 9.32 Å². The Labute approximate surface area is 322 Å². The predicted octanol–water partition coefficient (Wildman–Crippen LogP) is 15.6. The molecule has 11 rings (SSSR count). The molecule has 0 aliphatic carbocycles. The fourth-order valence-corrected chi connectivity index (χ4v) is 9.37. The summed E-state index contributed by atoms with van der Waals surface area (Å²) in [7, 11) is 0. The molecule has 0 saturated carbocycles. The summed E-state index contributed by atoms with van der Waals surface area (Å²) in [5, 5.41) is 7.38. The topological polar surface area (TPSA) is 16.4 Å². The van der Waals surface area contributed by atoms with Crippen molar-refractivity contribution in [3.05, 3.63) is 200 Å². The lowest BCUT2D eigenvalue weighted by atomic mass is 9.98. The van der Waals surface area contributed by atoms with E-state index in [0.717, 1.165) is 44.7 Å². The molecule has 0 N–H and O–H groups in total. The summed E-state index contributed by atoms with van der Waals surface area (Å²) in [6.07, 6.45) is 0. The Hall–Kier alpha value is -6.94. The molecule has 2 nitrogen and oxygen atoms in total. The van der Waals surface area contributed by atoms with Gasteiger partial charge in [-0.1, -0.05) is 133 Å². The summed E-state index contributed by atoms with van der Waals surface area (Å²) in [6, 6.07) is 72.1. The van der Waals surface area contributed by atoms with Gasteiger partial charge in [-0.25, -0.2) is 0 Å². The molecule has 0 radical (unpaired) electrons. The zero-order chi connectivity index (χ0) is 36.3. The van der Waals surface area contributed by atoms with Crippen LogP contribution < -0.4 is 4.90 Å². The molecular formula is C52H33NOS. The second kappa shape index (κ2) is 12.9. The van der Waals surface area contributed by atoms with Crippen molar-refractivity contribution in [2.45, 2.75) is 0 Å². The van der Waals surface area contributed by atoms with Gasteiger partial charge in [0, 0.05) is 48.0 Å². The summed E-state index contributed by atoms with van der Waals surface area (Å²) in [6.45, 7) is 0. The molecule has 2 aromatic heterocycles. The van der Waals surface area contributed by atoms with E-state index in [-0.39, 0.29) is 0 Å². The fourth-order valence-electron chi connectivity index (χ4n) is 8.24. The highest BCUT2D eigenvalue weighted by Crippen LogP contribution is 2.43.